The Morgan fingerprint density at radius 3 is 3.26 bits per heavy atom. The average molecular weight is 316 g/mol. The minimum absolute atomic E-state index is 0.294. The van der Waals surface area contributed by atoms with Gasteiger partial charge in [-0.05, 0) is 24.6 Å². The Kier molecular flexibility index (Phi) is 5.15. The SMILES string of the molecule is Cc1cccc(OCC(O)CNCC2CNc3ccnn3C2)c1. The first-order valence-electron chi connectivity index (χ1n) is 8.04. The fraction of sp³-hybridized carbons (Fsp3) is 0.471. The molecule has 0 radical (unpaired) electrons. The normalized spacial score (nSPS) is 18.1. The van der Waals surface area contributed by atoms with Crippen LogP contribution in [0, 0.1) is 12.8 Å². The Balaban J connectivity index is 1.34. The van der Waals surface area contributed by atoms with Crippen LogP contribution >= 0.6 is 0 Å². The standard InChI is InChI=1S/C17H24N4O2/c1-13-3-2-4-16(7-13)23-12-15(22)10-18-8-14-9-19-17-5-6-20-21(17)11-14/h2-7,14-15,18-19,22H,8-12H2,1H3. The van der Waals surface area contributed by atoms with Crippen molar-refractivity contribution in [1.82, 2.24) is 15.1 Å². The maximum absolute atomic E-state index is 10.0. The number of aromatic nitrogens is 2. The van der Waals surface area contributed by atoms with Gasteiger partial charge in [-0.2, -0.15) is 5.10 Å². The van der Waals surface area contributed by atoms with Crippen LogP contribution in [0.25, 0.3) is 0 Å². The third kappa shape index (κ3) is 4.46. The van der Waals surface area contributed by atoms with E-state index in [1.54, 1.807) is 0 Å². The number of anilines is 1. The highest BCUT2D eigenvalue weighted by atomic mass is 16.5. The summed E-state index contributed by atoms with van der Waals surface area (Å²) in [7, 11) is 0. The van der Waals surface area contributed by atoms with Gasteiger partial charge in [0.05, 0.1) is 6.20 Å². The van der Waals surface area contributed by atoms with Gasteiger partial charge in [0, 0.05) is 38.2 Å². The van der Waals surface area contributed by atoms with Crippen LogP contribution < -0.4 is 15.4 Å². The molecular weight excluding hydrogens is 292 g/mol. The first-order valence-corrected chi connectivity index (χ1v) is 8.04. The molecule has 2 aromatic rings. The first-order chi connectivity index (χ1) is 11.2. The second kappa shape index (κ2) is 7.48. The van der Waals surface area contributed by atoms with Gasteiger partial charge in [0.2, 0.25) is 0 Å². The molecule has 1 aromatic heterocycles. The molecule has 0 amide bonds. The van der Waals surface area contributed by atoms with Gasteiger partial charge in [0.1, 0.15) is 24.3 Å². The highest BCUT2D eigenvalue weighted by Crippen LogP contribution is 2.15. The number of rotatable bonds is 7. The topological polar surface area (TPSA) is 71.3 Å². The van der Waals surface area contributed by atoms with E-state index in [1.807, 2.05) is 48.1 Å². The second-order valence-corrected chi connectivity index (χ2v) is 6.09. The molecule has 23 heavy (non-hydrogen) atoms. The number of benzene rings is 1. The molecular formula is C17H24N4O2. The van der Waals surface area contributed by atoms with Crippen LogP contribution in [0.4, 0.5) is 5.82 Å². The summed E-state index contributed by atoms with van der Waals surface area (Å²) in [6.07, 6.45) is 1.29. The lowest BCUT2D eigenvalue weighted by atomic mass is 10.1. The maximum Gasteiger partial charge on any atom is 0.124 e. The lowest BCUT2D eigenvalue weighted by Gasteiger charge is -2.25. The van der Waals surface area contributed by atoms with Gasteiger partial charge in [-0.15, -0.1) is 0 Å². The monoisotopic (exact) mass is 316 g/mol. The molecule has 0 saturated carbocycles. The number of hydrogen-bond acceptors (Lipinski definition) is 5. The Bertz CT molecular complexity index is 629. The summed E-state index contributed by atoms with van der Waals surface area (Å²) in [4.78, 5) is 0. The average Bonchev–Trinajstić information content (AvgIpc) is 3.01. The van der Waals surface area contributed by atoms with Crippen molar-refractivity contribution in [2.75, 3.05) is 31.6 Å². The molecule has 0 aliphatic carbocycles. The Hall–Kier alpha value is -2.05. The molecule has 2 heterocycles. The number of aliphatic hydroxyl groups excluding tert-OH is 1. The van der Waals surface area contributed by atoms with E-state index in [0.717, 1.165) is 36.8 Å². The summed E-state index contributed by atoms with van der Waals surface area (Å²) in [6, 6.07) is 9.83. The van der Waals surface area contributed by atoms with E-state index in [2.05, 4.69) is 15.7 Å². The summed E-state index contributed by atoms with van der Waals surface area (Å²) in [5.74, 6) is 2.34. The molecule has 6 nitrogen and oxygen atoms in total. The van der Waals surface area contributed by atoms with E-state index in [0.29, 0.717) is 19.1 Å². The third-order valence-electron chi connectivity index (χ3n) is 3.96. The molecule has 1 aromatic carbocycles. The largest absolute Gasteiger partial charge is 0.491 e. The summed E-state index contributed by atoms with van der Waals surface area (Å²) < 4.78 is 7.59. The molecule has 6 heteroatoms. The Morgan fingerprint density at radius 1 is 1.48 bits per heavy atom. The number of fused-ring (bicyclic) bond motifs is 1. The molecule has 3 N–H and O–H groups in total. The number of nitrogens with zero attached hydrogens (tertiary/aromatic N) is 2. The van der Waals surface area contributed by atoms with Crippen LogP contribution in [-0.2, 0) is 6.54 Å². The van der Waals surface area contributed by atoms with Gasteiger partial charge in [-0.1, -0.05) is 12.1 Å². The number of nitrogens with one attached hydrogen (secondary N) is 2. The lowest BCUT2D eigenvalue weighted by Crippen LogP contribution is -2.39. The smallest absolute Gasteiger partial charge is 0.124 e. The summed E-state index contributed by atoms with van der Waals surface area (Å²) in [5.41, 5.74) is 1.15. The van der Waals surface area contributed by atoms with Gasteiger partial charge >= 0.3 is 0 Å². The van der Waals surface area contributed by atoms with Gasteiger partial charge < -0.3 is 20.5 Å². The molecule has 2 atom stereocenters. The van der Waals surface area contributed by atoms with Crippen LogP contribution in [0.3, 0.4) is 0 Å². The third-order valence-corrected chi connectivity index (χ3v) is 3.96. The summed E-state index contributed by atoms with van der Waals surface area (Å²) >= 11 is 0. The summed E-state index contributed by atoms with van der Waals surface area (Å²) in [6.45, 7) is 5.51. The predicted molar refractivity (Wildman–Crippen MR) is 89.8 cm³/mol. The lowest BCUT2D eigenvalue weighted by molar-refractivity contribution is 0.105. The van der Waals surface area contributed by atoms with E-state index in [1.165, 1.54) is 0 Å². The van der Waals surface area contributed by atoms with Crippen LogP contribution in [0.15, 0.2) is 36.5 Å². The van der Waals surface area contributed by atoms with Crippen molar-refractivity contribution in [1.29, 1.82) is 0 Å². The van der Waals surface area contributed by atoms with Gasteiger partial charge in [0.15, 0.2) is 0 Å². The van der Waals surface area contributed by atoms with E-state index < -0.39 is 6.10 Å². The number of hydrogen-bond donors (Lipinski definition) is 3. The Labute approximate surface area is 136 Å². The fourth-order valence-electron chi connectivity index (χ4n) is 2.73. The molecule has 0 spiro atoms. The Morgan fingerprint density at radius 2 is 2.39 bits per heavy atom. The van der Waals surface area contributed by atoms with Crippen LogP contribution in [-0.4, -0.2) is 47.2 Å². The highest BCUT2D eigenvalue weighted by Gasteiger charge is 2.18. The zero-order valence-corrected chi connectivity index (χ0v) is 13.4. The van der Waals surface area contributed by atoms with Gasteiger partial charge in [-0.25, -0.2) is 4.68 Å². The van der Waals surface area contributed by atoms with Crippen LogP contribution in [0.5, 0.6) is 5.75 Å². The molecule has 1 aliphatic rings. The zero-order valence-electron chi connectivity index (χ0n) is 13.4. The van der Waals surface area contributed by atoms with Crippen molar-refractivity contribution in [2.45, 2.75) is 19.6 Å². The van der Waals surface area contributed by atoms with Crippen molar-refractivity contribution in [2.24, 2.45) is 5.92 Å². The van der Waals surface area contributed by atoms with Crippen molar-refractivity contribution in [3.63, 3.8) is 0 Å². The highest BCUT2D eigenvalue weighted by molar-refractivity contribution is 5.35. The number of ether oxygens (including phenoxy) is 1. The van der Waals surface area contributed by atoms with Crippen LogP contribution in [0.1, 0.15) is 5.56 Å². The van der Waals surface area contributed by atoms with Crippen molar-refractivity contribution >= 4 is 5.82 Å². The van der Waals surface area contributed by atoms with E-state index in [-0.39, 0.29) is 0 Å². The molecule has 0 saturated heterocycles. The molecule has 1 aliphatic heterocycles. The molecule has 0 fully saturated rings. The predicted octanol–water partition coefficient (Wildman–Crippen LogP) is 1.26. The van der Waals surface area contributed by atoms with E-state index in [9.17, 15) is 5.11 Å². The van der Waals surface area contributed by atoms with Crippen molar-refractivity contribution in [3.05, 3.63) is 42.1 Å². The summed E-state index contributed by atoms with van der Waals surface area (Å²) in [5, 5.41) is 21.0. The quantitative estimate of drug-likeness (QED) is 0.717. The maximum atomic E-state index is 10.0. The second-order valence-electron chi connectivity index (χ2n) is 6.09. The fourth-order valence-corrected chi connectivity index (χ4v) is 2.73. The minimum atomic E-state index is -0.521. The number of aryl methyl sites for hydroxylation is 1. The minimum Gasteiger partial charge on any atom is -0.491 e. The van der Waals surface area contributed by atoms with Gasteiger partial charge in [0.25, 0.3) is 0 Å². The molecule has 3 rings (SSSR count). The molecule has 2 unspecified atom stereocenters. The van der Waals surface area contributed by atoms with E-state index in [4.69, 9.17) is 4.74 Å². The molecule has 0 bridgehead atoms. The zero-order chi connectivity index (χ0) is 16.1. The number of aliphatic hydroxyl groups is 1. The van der Waals surface area contributed by atoms with Crippen molar-refractivity contribution in [3.8, 4) is 5.75 Å². The first kappa shape index (κ1) is 15.8. The van der Waals surface area contributed by atoms with Gasteiger partial charge in [-0.3, -0.25) is 0 Å². The van der Waals surface area contributed by atoms with E-state index >= 15 is 0 Å². The molecule has 124 valence electrons. The van der Waals surface area contributed by atoms with Crippen LogP contribution in [0.2, 0.25) is 0 Å². The van der Waals surface area contributed by atoms with Crippen molar-refractivity contribution < 1.29 is 9.84 Å².